The predicted octanol–water partition coefficient (Wildman–Crippen LogP) is 3.01. The summed E-state index contributed by atoms with van der Waals surface area (Å²) in [6.45, 7) is 6.96. The lowest BCUT2D eigenvalue weighted by Crippen LogP contribution is -2.38. The average Bonchev–Trinajstić information content (AvgIpc) is 3.10. The van der Waals surface area contributed by atoms with Crippen LogP contribution in [0.5, 0.6) is 5.75 Å². The van der Waals surface area contributed by atoms with Crippen LogP contribution in [0.1, 0.15) is 35.4 Å². The maximum absolute atomic E-state index is 10.3. The highest BCUT2D eigenvalue weighted by atomic mass is 32.1. The largest absolute Gasteiger partial charge is 0.491 e. The van der Waals surface area contributed by atoms with E-state index in [0.29, 0.717) is 13.2 Å². The SMILES string of the molecule is Cc1ncsc1CCNCc1ccccc1OC[C@H](O)CN1CCCCC1. The molecule has 1 saturated heterocycles. The number of aliphatic hydroxyl groups is 1. The Morgan fingerprint density at radius 2 is 2.07 bits per heavy atom. The third-order valence-corrected chi connectivity index (χ3v) is 6.01. The first-order valence-corrected chi connectivity index (χ1v) is 10.8. The highest BCUT2D eigenvalue weighted by Gasteiger charge is 2.15. The summed E-state index contributed by atoms with van der Waals surface area (Å²) in [4.78, 5) is 7.97. The molecule has 0 radical (unpaired) electrons. The number of rotatable bonds is 10. The van der Waals surface area contributed by atoms with Crippen molar-refractivity contribution in [3.8, 4) is 5.75 Å². The summed E-state index contributed by atoms with van der Waals surface area (Å²) in [7, 11) is 0. The number of piperidine rings is 1. The molecule has 2 heterocycles. The molecular weight excluding hydrogens is 358 g/mol. The molecule has 2 aromatic rings. The van der Waals surface area contributed by atoms with Crippen LogP contribution in [-0.4, -0.2) is 53.9 Å². The molecule has 6 heteroatoms. The van der Waals surface area contributed by atoms with Gasteiger partial charge >= 0.3 is 0 Å². The minimum Gasteiger partial charge on any atom is -0.491 e. The van der Waals surface area contributed by atoms with Crippen LogP contribution in [0.4, 0.5) is 0 Å². The summed E-state index contributed by atoms with van der Waals surface area (Å²) in [5.41, 5.74) is 4.17. The first-order valence-electron chi connectivity index (χ1n) is 9.93. The van der Waals surface area contributed by atoms with Crippen molar-refractivity contribution in [1.29, 1.82) is 0 Å². The van der Waals surface area contributed by atoms with Gasteiger partial charge in [0.1, 0.15) is 18.5 Å². The van der Waals surface area contributed by atoms with Gasteiger partial charge in [0.15, 0.2) is 0 Å². The van der Waals surface area contributed by atoms with E-state index in [1.54, 1.807) is 11.3 Å². The molecule has 1 aromatic heterocycles. The van der Waals surface area contributed by atoms with Crippen molar-refractivity contribution < 1.29 is 9.84 Å². The van der Waals surface area contributed by atoms with Crippen molar-refractivity contribution in [1.82, 2.24) is 15.2 Å². The first-order chi connectivity index (χ1) is 13.2. The van der Waals surface area contributed by atoms with E-state index in [1.165, 1.54) is 24.1 Å². The zero-order chi connectivity index (χ0) is 18.9. The Hall–Kier alpha value is -1.47. The number of hydrogen-bond donors (Lipinski definition) is 2. The van der Waals surface area contributed by atoms with Gasteiger partial charge in [-0.2, -0.15) is 0 Å². The highest BCUT2D eigenvalue weighted by molar-refractivity contribution is 7.09. The summed E-state index contributed by atoms with van der Waals surface area (Å²) in [5, 5.41) is 13.8. The zero-order valence-electron chi connectivity index (χ0n) is 16.2. The van der Waals surface area contributed by atoms with Crippen LogP contribution in [0.15, 0.2) is 29.8 Å². The predicted molar refractivity (Wildman–Crippen MR) is 110 cm³/mol. The lowest BCUT2D eigenvalue weighted by atomic mass is 10.1. The molecule has 0 amide bonds. The van der Waals surface area contributed by atoms with Gasteiger partial charge < -0.3 is 20.1 Å². The quantitative estimate of drug-likeness (QED) is 0.612. The van der Waals surface area contributed by atoms with Gasteiger partial charge in [-0.1, -0.05) is 24.6 Å². The lowest BCUT2D eigenvalue weighted by Gasteiger charge is -2.28. The number of likely N-dealkylation sites (tertiary alicyclic amines) is 1. The van der Waals surface area contributed by atoms with Crippen LogP contribution in [0, 0.1) is 6.92 Å². The number of aromatic nitrogens is 1. The monoisotopic (exact) mass is 389 g/mol. The van der Waals surface area contributed by atoms with Gasteiger partial charge in [0.2, 0.25) is 0 Å². The van der Waals surface area contributed by atoms with Gasteiger partial charge in [-0.15, -0.1) is 11.3 Å². The number of aliphatic hydroxyl groups excluding tert-OH is 1. The van der Waals surface area contributed by atoms with Crippen molar-refractivity contribution >= 4 is 11.3 Å². The minimum absolute atomic E-state index is 0.341. The van der Waals surface area contributed by atoms with Crippen molar-refractivity contribution in [3.05, 3.63) is 45.9 Å². The second-order valence-electron chi connectivity index (χ2n) is 7.22. The third-order valence-electron chi connectivity index (χ3n) is 5.01. The van der Waals surface area contributed by atoms with E-state index in [4.69, 9.17) is 4.74 Å². The van der Waals surface area contributed by atoms with Crippen LogP contribution in [0.3, 0.4) is 0 Å². The Labute approximate surface area is 166 Å². The molecule has 1 fully saturated rings. The maximum Gasteiger partial charge on any atom is 0.123 e. The number of para-hydroxylation sites is 1. The van der Waals surface area contributed by atoms with Crippen molar-refractivity contribution in [3.63, 3.8) is 0 Å². The Morgan fingerprint density at radius 3 is 2.85 bits per heavy atom. The van der Waals surface area contributed by atoms with E-state index in [9.17, 15) is 5.11 Å². The molecule has 1 aromatic carbocycles. The van der Waals surface area contributed by atoms with Gasteiger partial charge in [-0.3, -0.25) is 0 Å². The van der Waals surface area contributed by atoms with E-state index in [2.05, 4.69) is 28.2 Å². The molecule has 0 saturated carbocycles. The van der Waals surface area contributed by atoms with Crippen molar-refractivity contribution in [2.24, 2.45) is 0 Å². The van der Waals surface area contributed by atoms with Crippen LogP contribution in [-0.2, 0) is 13.0 Å². The van der Waals surface area contributed by atoms with Gasteiger partial charge in [-0.05, 0) is 45.3 Å². The fraction of sp³-hybridized carbons (Fsp3) is 0.571. The molecule has 0 unspecified atom stereocenters. The van der Waals surface area contributed by atoms with E-state index in [0.717, 1.165) is 49.6 Å². The Balaban J connectivity index is 1.42. The number of thiazole rings is 1. The zero-order valence-corrected chi connectivity index (χ0v) is 17.0. The lowest BCUT2D eigenvalue weighted by molar-refractivity contribution is 0.0614. The first kappa shape index (κ1) is 20.3. The smallest absolute Gasteiger partial charge is 0.123 e. The van der Waals surface area contributed by atoms with Crippen LogP contribution in [0.25, 0.3) is 0 Å². The number of hydrogen-bond acceptors (Lipinski definition) is 6. The van der Waals surface area contributed by atoms with Gasteiger partial charge in [-0.25, -0.2) is 4.98 Å². The second kappa shape index (κ2) is 10.8. The van der Waals surface area contributed by atoms with E-state index < -0.39 is 6.10 Å². The molecule has 27 heavy (non-hydrogen) atoms. The summed E-state index contributed by atoms with van der Waals surface area (Å²) in [5.74, 6) is 0.858. The molecule has 3 rings (SSSR count). The highest BCUT2D eigenvalue weighted by Crippen LogP contribution is 2.19. The molecule has 5 nitrogen and oxygen atoms in total. The number of benzene rings is 1. The second-order valence-corrected chi connectivity index (χ2v) is 8.16. The summed E-state index contributed by atoms with van der Waals surface area (Å²) >= 11 is 1.72. The Morgan fingerprint density at radius 1 is 1.26 bits per heavy atom. The maximum atomic E-state index is 10.3. The molecule has 0 bridgehead atoms. The molecule has 1 aliphatic heterocycles. The van der Waals surface area contributed by atoms with Crippen molar-refractivity contribution in [2.45, 2.75) is 45.3 Å². The Bertz CT molecular complexity index is 686. The number of ether oxygens (including phenoxy) is 1. The summed E-state index contributed by atoms with van der Waals surface area (Å²) < 4.78 is 5.94. The van der Waals surface area contributed by atoms with Crippen molar-refractivity contribution in [2.75, 3.05) is 32.8 Å². The Kier molecular flexibility index (Phi) is 8.08. The van der Waals surface area contributed by atoms with E-state index >= 15 is 0 Å². The molecule has 2 N–H and O–H groups in total. The normalized spacial score (nSPS) is 16.4. The van der Waals surface area contributed by atoms with E-state index in [1.807, 2.05) is 23.7 Å². The van der Waals surface area contributed by atoms with Crippen LogP contribution >= 0.6 is 11.3 Å². The number of β-amino-alcohol motifs (C(OH)–C–C–N with tert-alkyl or cyclic N) is 1. The topological polar surface area (TPSA) is 57.6 Å². The van der Waals surface area contributed by atoms with Gasteiger partial charge in [0.05, 0.1) is 11.2 Å². The standard InChI is InChI=1S/C21H31N3O2S/c1-17-21(27-16-23-17)9-10-22-13-18-7-3-4-8-20(18)26-15-19(25)14-24-11-5-2-6-12-24/h3-4,7-8,16,19,22,25H,2,5-6,9-15H2,1H3/t19-/m1/s1. The minimum atomic E-state index is -0.446. The molecular formula is C21H31N3O2S. The number of aryl methyl sites for hydroxylation is 1. The fourth-order valence-electron chi connectivity index (χ4n) is 3.46. The molecule has 1 atom stereocenters. The van der Waals surface area contributed by atoms with Crippen LogP contribution < -0.4 is 10.1 Å². The molecule has 1 aliphatic rings. The molecule has 0 aliphatic carbocycles. The van der Waals surface area contributed by atoms with Gasteiger partial charge in [0, 0.05) is 30.1 Å². The summed E-state index contributed by atoms with van der Waals surface area (Å²) in [6.07, 6.45) is 4.34. The third kappa shape index (κ3) is 6.57. The fourth-order valence-corrected chi connectivity index (χ4v) is 4.24. The van der Waals surface area contributed by atoms with Crippen LogP contribution in [0.2, 0.25) is 0 Å². The molecule has 148 valence electrons. The average molecular weight is 390 g/mol. The summed E-state index contributed by atoms with van der Waals surface area (Å²) in [6, 6.07) is 8.08. The number of nitrogens with zero attached hydrogens (tertiary/aromatic N) is 2. The van der Waals surface area contributed by atoms with E-state index in [-0.39, 0.29) is 0 Å². The van der Waals surface area contributed by atoms with Gasteiger partial charge in [0.25, 0.3) is 0 Å². The number of nitrogens with one attached hydrogen (secondary N) is 1. The molecule has 0 spiro atoms.